The minimum absolute atomic E-state index is 0.0321. The average molecular weight is 303 g/mol. The van der Waals surface area contributed by atoms with Crippen LogP contribution in [0.3, 0.4) is 0 Å². The highest BCUT2D eigenvalue weighted by Gasteiger charge is 2.23. The van der Waals surface area contributed by atoms with Gasteiger partial charge in [-0.15, -0.1) is 0 Å². The van der Waals surface area contributed by atoms with Gasteiger partial charge in [0, 0.05) is 6.54 Å². The van der Waals surface area contributed by atoms with Gasteiger partial charge in [0.15, 0.2) is 0 Å². The predicted octanol–water partition coefficient (Wildman–Crippen LogP) is 2.39. The average Bonchev–Trinajstić information content (AvgIpc) is 2.36. The minimum Gasteiger partial charge on any atom is -0.480 e. The van der Waals surface area contributed by atoms with E-state index < -0.39 is 23.9 Å². The van der Waals surface area contributed by atoms with Crippen molar-refractivity contribution in [1.82, 2.24) is 10.6 Å². The molecule has 7 heteroatoms. The van der Waals surface area contributed by atoms with Crippen LogP contribution in [0.25, 0.3) is 0 Å². The maximum Gasteiger partial charge on any atom is 0.326 e. The predicted molar refractivity (Wildman–Crippen MR) is 73.0 cm³/mol. The Labute approximate surface area is 121 Å². The summed E-state index contributed by atoms with van der Waals surface area (Å²) in [5.41, 5.74) is 0.614. The lowest BCUT2D eigenvalue weighted by molar-refractivity contribution is -0.140. The Hall–Kier alpha value is -1.82. The second-order valence-electron chi connectivity index (χ2n) is 4.64. The van der Waals surface area contributed by atoms with Crippen molar-refractivity contribution >= 4 is 23.6 Å². The molecular weight excluding hydrogens is 287 g/mol. The van der Waals surface area contributed by atoms with Crippen LogP contribution in [0.1, 0.15) is 19.4 Å². The van der Waals surface area contributed by atoms with E-state index >= 15 is 0 Å². The quantitative estimate of drug-likeness (QED) is 0.781. The SMILES string of the molecule is CC(C)[C@H](NC(=O)NCc1ccc(F)c(Cl)c1)C(=O)O. The number of halogens is 2. The molecule has 1 atom stereocenters. The summed E-state index contributed by atoms with van der Waals surface area (Å²) in [7, 11) is 0. The third kappa shape index (κ3) is 4.70. The number of benzene rings is 1. The zero-order valence-electron chi connectivity index (χ0n) is 11.1. The molecule has 0 radical (unpaired) electrons. The first-order chi connectivity index (χ1) is 9.31. The van der Waals surface area contributed by atoms with Crippen molar-refractivity contribution in [2.75, 3.05) is 0 Å². The monoisotopic (exact) mass is 302 g/mol. The highest BCUT2D eigenvalue weighted by molar-refractivity contribution is 6.30. The van der Waals surface area contributed by atoms with Crippen molar-refractivity contribution in [2.45, 2.75) is 26.4 Å². The van der Waals surface area contributed by atoms with E-state index in [0.29, 0.717) is 5.56 Å². The molecule has 0 heterocycles. The van der Waals surface area contributed by atoms with Crippen LogP contribution >= 0.6 is 11.6 Å². The molecule has 0 aromatic heterocycles. The molecule has 1 rings (SSSR count). The van der Waals surface area contributed by atoms with E-state index in [0.717, 1.165) is 0 Å². The molecule has 2 amide bonds. The number of carbonyl (C=O) groups excluding carboxylic acids is 1. The van der Waals surface area contributed by atoms with Gasteiger partial charge in [-0.25, -0.2) is 14.0 Å². The molecule has 0 fully saturated rings. The molecular formula is C13H16ClFN2O3. The molecule has 0 unspecified atom stereocenters. The highest BCUT2D eigenvalue weighted by Crippen LogP contribution is 2.15. The van der Waals surface area contributed by atoms with E-state index in [1.807, 2.05) is 0 Å². The number of carbonyl (C=O) groups is 2. The van der Waals surface area contributed by atoms with Crippen molar-refractivity contribution in [2.24, 2.45) is 5.92 Å². The molecule has 0 aliphatic heterocycles. The van der Waals surface area contributed by atoms with Crippen LogP contribution in [0.2, 0.25) is 5.02 Å². The summed E-state index contributed by atoms with van der Waals surface area (Å²) in [6.07, 6.45) is 0. The molecule has 1 aromatic rings. The minimum atomic E-state index is -1.10. The molecule has 1 aromatic carbocycles. The first-order valence-corrected chi connectivity index (χ1v) is 6.40. The standard InChI is InChI=1S/C13H16ClFN2O3/c1-7(2)11(12(18)19)17-13(20)16-6-8-3-4-10(15)9(14)5-8/h3-5,7,11H,6H2,1-2H3,(H,18,19)(H2,16,17,20)/t11-/m0/s1. The van der Waals surface area contributed by atoms with Gasteiger partial charge in [0.2, 0.25) is 0 Å². The number of nitrogens with one attached hydrogen (secondary N) is 2. The lowest BCUT2D eigenvalue weighted by Gasteiger charge is -2.18. The van der Waals surface area contributed by atoms with Crippen LogP contribution in [-0.2, 0) is 11.3 Å². The zero-order valence-corrected chi connectivity index (χ0v) is 11.9. The molecule has 0 bridgehead atoms. The van der Waals surface area contributed by atoms with Gasteiger partial charge in [-0.3, -0.25) is 0 Å². The fourth-order valence-electron chi connectivity index (χ4n) is 1.54. The van der Waals surface area contributed by atoms with Gasteiger partial charge >= 0.3 is 12.0 Å². The van der Waals surface area contributed by atoms with Crippen LogP contribution in [-0.4, -0.2) is 23.1 Å². The Morgan fingerprint density at radius 3 is 2.55 bits per heavy atom. The van der Waals surface area contributed by atoms with Crippen molar-refractivity contribution in [1.29, 1.82) is 0 Å². The van der Waals surface area contributed by atoms with E-state index in [1.165, 1.54) is 18.2 Å². The lowest BCUT2D eigenvalue weighted by Crippen LogP contribution is -2.48. The number of carboxylic acids is 1. The maximum atomic E-state index is 13.0. The van der Waals surface area contributed by atoms with Crippen molar-refractivity contribution in [3.8, 4) is 0 Å². The topological polar surface area (TPSA) is 78.4 Å². The number of urea groups is 1. The number of hydrogen-bond donors (Lipinski definition) is 3. The van der Waals surface area contributed by atoms with E-state index in [4.69, 9.17) is 16.7 Å². The summed E-state index contributed by atoms with van der Waals surface area (Å²) < 4.78 is 13.0. The van der Waals surface area contributed by atoms with Gasteiger partial charge in [0.05, 0.1) is 5.02 Å². The van der Waals surface area contributed by atoms with E-state index in [1.54, 1.807) is 13.8 Å². The normalized spacial score (nSPS) is 12.1. The maximum absolute atomic E-state index is 13.0. The summed E-state index contributed by atoms with van der Waals surface area (Å²) in [5.74, 6) is -1.87. The summed E-state index contributed by atoms with van der Waals surface area (Å²) in [5, 5.41) is 13.8. The Morgan fingerprint density at radius 1 is 1.40 bits per heavy atom. The largest absolute Gasteiger partial charge is 0.480 e. The number of aliphatic carboxylic acids is 1. The Morgan fingerprint density at radius 2 is 2.05 bits per heavy atom. The third-order valence-electron chi connectivity index (χ3n) is 2.66. The second kappa shape index (κ2) is 7.09. The van der Waals surface area contributed by atoms with Gasteiger partial charge < -0.3 is 15.7 Å². The Bertz CT molecular complexity index is 508. The van der Waals surface area contributed by atoms with Gasteiger partial charge in [-0.1, -0.05) is 31.5 Å². The van der Waals surface area contributed by atoms with E-state index in [9.17, 15) is 14.0 Å². The smallest absolute Gasteiger partial charge is 0.326 e. The van der Waals surface area contributed by atoms with E-state index in [-0.39, 0.29) is 17.5 Å². The zero-order chi connectivity index (χ0) is 15.3. The molecule has 0 aliphatic rings. The molecule has 3 N–H and O–H groups in total. The van der Waals surface area contributed by atoms with Gasteiger partial charge in [-0.05, 0) is 23.6 Å². The van der Waals surface area contributed by atoms with Crippen LogP contribution in [0.15, 0.2) is 18.2 Å². The number of hydrogen-bond acceptors (Lipinski definition) is 2. The molecule has 0 saturated heterocycles. The molecule has 0 saturated carbocycles. The number of amides is 2. The lowest BCUT2D eigenvalue weighted by atomic mass is 10.1. The molecule has 0 aliphatic carbocycles. The summed E-state index contributed by atoms with van der Waals surface area (Å²) >= 11 is 5.62. The van der Waals surface area contributed by atoms with Gasteiger partial charge in [0.25, 0.3) is 0 Å². The van der Waals surface area contributed by atoms with Crippen LogP contribution in [0, 0.1) is 11.7 Å². The van der Waals surface area contributed by atoms with Crippen LogP contribution in [0.4, 0.5) is 9.18 Å². The molecule has 0 spiro atoms. The van der Waals surface area contributed by atoms with E-state index in [2.05, 4.69) is 10.6 Å². The summed E-state index contributed by atoms with van der Waals surface area (Å²) in [6, 6.07) is 2.51. The van der Waals surface area contributed by atoms with Gasteiger partial charge in [0.1, 0.15) is 11.9 Å². The number of rotatable bonds is 5. The van der Waals surface area contributed by atoms with Crippen molar-refractivity contribution < 1.29 is 19.1 Å². The van der Waals surface area contributed by atoms with Crippen LogP contribution < -0.4 is 10.6 Å². The highest BCUT2D eigenvalue weighted by atomic mass is 35.5. The summed E-state index contributed by atoms with van der Waals surface area (Å²) in [4.78, 5) is 22.5. The van der Waals surface area contributed by atoms with Crippen molar-refractivity contribution in [3.05, 3.63) is 34.6 Å². The second-order valence-corrected chi connectivity index (χ2v) is 5.04. The Kier molecular flexibility index (Phi) is 5.76. The fraction of sp³-hybridized carbons (Fsp3) is 0.385. The molecule has 5 nitrogen and oxygen atoms in total. The van der Waals surface area contributed by atoms with Crippen LogP contribution in [0.5, 0.6) is 0 Å². The first-order valence-electron chi connectivity index (χ1n) is 6.02. The molecule has 20 heavy (non-hydrogen) atoms. The molecule has 110 valence electrons. The third-order valence-corrected chi connectivity index (χ3v) is 2.95. The first kappa shape index (κ1) is 16.2. The van der Waals surface area contributed by atoms with Gasteiger partial charge in [-0.2, -0.15) is 0 Å². The van der Waals surface area contributed by atoms with Crippen molar-refractivity contribution in [3.63, 3.8) is 0 Å². The number of carboxylic acid groups (broad SMARTS) is 1. The Balaban J connectivity index is 2.54. The summed E-state index contributed by atoms with van der Waals surface area (Å²) in [6.45, 7) is 3.51. The fourth-order valence-corrected chi connectivity index (χ4v) is 1.74.